The van der Waals surface area contributed by atoms with Gasteiger partial charge in [-0.05, 0) is 44.5 Å². The first-order valence-electron chi connectivity index (χ1n) is 9.34. The molecule has 0 aliphatic carbocycles. The SMILES string of the molecule is Cc1cc(-c2ccc(Cl)cc2)nnc1N(C)CCc1csc(SC(C)(C)C(=O)O)n1. The first-order valence-corrected chi connectivity index (χ1v) is 11.4. The maximum Gasteiger partial charge on any atom is 0.319 e. The van der Waals surface area contributed by atoms with Crippen LogP contribution in [0, 0.1) is 6.92 Å². The van der Waals surface area contributed by atoms with Gasteiger partial charge in [0.15, 0.2) is 10.2 Å². The maximum absolute atomic E-state index is 11.3. The van der Waals surface area contributed by atoms with Gasteiger partial charge in [-0.15, -0.1) is 21.5 Å². The number of benzene rings is 1. The van der Waals surface area contributed by atoms with Crippen molar-refractivity contribution in [3.05, 3.63) is 52.0 Å². The Hall–Kier alpha value is -2.16. The molecule has 9 heteroatoms. The fraction of sp³-hybridized carbons (Fsp3) is 0.333. The van der Waals surface area contributed by atoms with Gasteiger partial charge in [-0.3, -0.25) is 4.79 Å². The molecule has 1 aromatic carbocycles. The van der Waals surface area contributed by atoms with Crippen LogP contribution in [0.25, 0.3) is 11.3 Å². The summed E-state index contributed by atoms with van der Waals surface area (Å²) >= 11 is 8.70. The Morgan fingerprint density at radius 1 is 1.27 bits per heavy atom. The average molecular weight is 463 g/mol. The lowest BCUT2D eigenvalue weighted by atomic mass is 10.1. The van der Waals surface area contributed by atoms with E-state index in [4.69, 9.17) is 11.6 Å². The summed E-state index contributed by atoms with van der Waals surface area (Å²) < 4.78 is -0.131. The van der Waals surface area contributed by atoms with Gasteiger partial charge in [0.25, 0.3) is 0 Å². The van der Waals surface area contributed by atoms with E-state index in [9.17, 15) is 9.90 Å². The fourth-order valence-corrected chi connectivity index (χ4v) is 5.07. The van der Waals surface area contributed by atoms with Crippen LogP contribution in [0.15, 0.2) is 40.1 Å². The predicted molar refractivity (Wildman–Crippen MR) is 124 cm³/mol. The van der Waals surface area contributed by atoms with E-state index in [-0.39, 0.29) is 0 Å². The van der Waals surface area contributed by atoms with Crippen molar-refractivity contribution in [1.29, 1.82) is 0 Å². The largest absolute Gasteiger partial charge is 0.480 e. The monoisotopic (exact) mass is 462 g/mol. The molecule has 1 N–H and O–H groups in total. The second-order valence-corrected chi connectivity index (χ2v) is 10.6. The molecule has 3 rings (SSSR count). The van der Waals surface area contributed by atoms with Crippen LogP contribution in [-0.2, 0) is 11.2 Å². The number of aliphatic carboxylic acids is 1. The molecule has 30 heavy (non-hydrogen) atoms. The van der Waals surface area contributed by atoms with Gasteiger partial charge in [0.05, 0.1) is 11.4 Å². The number of rotatable bonds is 8. The Bertz CT molecular complexity index is 1040. The lowest BCUT2D eigenvalue weighted by Crippen LogP contribution is -2.26. The van der Waals surface area contributed by atoms with E-state index >= 15 is 0 Å². The third-order valence-electron chi connectivity index (χ3n) is 4.55. The predicted octanol–water partition coefficient (Wildman–Crippen LogP) is 5.20. The lowest BCUT2D eigenvalue weighted by molar-refractivity contribution is -0.138. The first kappa shape index (κ1) is 22.5. The molecule has 0 unspecified atom stereocenters. The summed E-state index contributed by atoms with van der Waals surface area (Å²) in [4.78, 5) is 17.9. The van der Waals surface area contributed by atoms with Crippen LogP contribution in [0.2, 0.25) is 5.02 Å². The number of hydrogen-bond donors (Lipinski definition) is 1. The van der Waals surface area contributed by atoms with Crippen LogP contribution in [0.4, 0.5) is 5.82 Å². The number of nitrogens with zero attached hydrogens (tertiary/aromatic N) is 4. The van der Waals surface area contributed by atoms with E-state index in [1.165, 1.54) is 23.1 Å². The van der Waals surface area contributed by atoms with Gasteiger partial charge in [0.2, 0.25) is 0 Å². The normalized spacial score (nSPS) is 11.5. The van der Waals surface area contributed by atoms with Crippen molar-refractivity contribution >= 4 is 46.5 Å². The van der Waals surface area contributed by atoms with Crippen molar-refractivity contribution in [1.82, 2.24) is 15.2 Å². The highest BCUT2D eigenvalue weighted by Gasteiger charge is 2.29. The average Bonchev–Trinajstić information content (AvgIpc) is 3.13. The Balaban J connectivity index is 1.63. The number of aryl methyl sites for hydroxylation is 1. The van der Waals surface area contributed by atoms with Gasteiger partial charge < -0.3 is 10.0 Å². The standard InChI is InChI=1S/C21H23ClN4O2S2/c1-13-11-17(14-5-7-15(22)8-6-14)24-25-18(13)26(4)10-9-16-12-29-20(23-16)30-21(2,3)19(27)28/h5-8,11-12H,9-10H2,1-4H3,(H,27,28). The third kappa shape index (κ3) is 5.50. The molecule has 0 radical (unpaired) electrons. The summed E-state index contributed by atoms with van der Waals surface area (Å²) in [6.45, 7) is 6.12. The summed E-state index contributed by atoms with van der Waals surface area (Å²) in [5.74, 6) is -0.0235. The van der Waals surface area contributed by atoms with Crippen molar-refractivity contribution in [3.8, 4) is 11.3 Å². The second kappa shape index (κ2) is 9.32. The molecular weight excluding hydrogens is 440 g/mol. The highest BCUT2D eigenvalue weighted by Crippen LogP contribution is 2.34. The van der Waals surface area contributed by atoms with Crippen LogP contribution in [0.1, 0.15) is 25.1 Å². The van der Waals surface area contributed by atoms with Crippen molar-refractivity contribution < 1.29 is 9.90 Å². The Kier molecular flexibility index (Phi) is 7.00. The summed E-state index contributed by atoms with van der Waals surface area (Å²) in [7, 11) is 1.98. The molecule has 0 amide bonds. The molecular formula is C21H23ClN4O2S2. The molecule has 2 heterocycles. The summed E-state index contributed by atoms with van der Waals surface area (Å²) in [6, 6.07) is 9.56. The highest BCUT2D eigenvalue weighted by molar-refractivity contribution is 8.02. The van der Waals surface area contributed by atoms with Gasteiger partial charge in [-0.25, -0.2) is 4.98 Å². The molecule has 158 valence electrons. The molecule has 6 nitrogen and oxygen atoms in total. The molecule has 0 saturated heterocycles. The van der Waals surface area contributed by atoms with E-state index < -0.39 is 10.7 Å². The number of likely N-dealkylation sites (N-methyl/N-ethyl adjacent to an activating group) is 1. The zero-order valence-electron chi connectivity index (χ0n) is 17.2. The quantitative estimate of drug-likeness (QED) is 0.461. The smallest absolute Gasteiger partial charge is 0.319 e. The number of carbonyl (C=O) groups is 1. The van der Waals surface area contributed by atoms with E-state index in [2.05, 4.69) is 20.1 Å². The zero-order chi connectivity index (χ0) is 21.9. The maximum atomic E-state index is 11.3. The number of anilines is 1. The first-order chi connectivity index (χ1) is 14.2. The fourth-order valence-electron chi connectivity index (χ4n) is 2.72. The summed E-state index contributed by atoms with van der Waals surface area (Å²) in [5, 5.41) is 20.7. The van der Waals surface area contributed by atoms with Gasteiger partial charge in [-0.2, -0.15) is 0 Å². The van der Waals surface area contributed by atoms with Crippen molar-refractivity contribution in [2.24, 2.45) is 0 Å². The van der Waals surface area contributed by atoms with Crippen LogP contribution < -0.4 is 4.90 Å². The van der Waals surface area contributed by atoms with Crippen LogP contribution >= 0.6 is 34.7 Å². The lowest BCUT2D eigenvalue weighted by Gasteiger charge is -2.19. The second-order valence-electron chi connectivity index (χ2n) is 7.44. The number of aromatic nitrogens is 3. The topological polar surface area (TPSA) is 79.2 Å². The van der Waals surface area contributed by atoms with Crippen molar-refractivity contribution in [2.45, 2.75) is 36.3 Å². The molecule has 0 spiro atoms. The minimum Gasteiger partial charge on any atom is -0.480 e. The molecule has 0 atom stereocenters. The molecule has 0 saturated carbocycles. The molecule has 0 fully saturated rings. The van der Waals surface area contributed by atoms with Gasteiger partial charge in [-0.1, -0.05) is 35.5 Å². The van der Waals surface area contributed by atoms with E-state index in [1.54, 1.807) is 13.8 Å². The Morgan fingerprint density at radius 3 is 2.60 bits per heavy atom. The zero-order valence-corrected chi connectivity index (χ0v) is 19.6. The third-order valence-corrected chi connectivity index (χ3v) is 6.98. The molecule has 3 aromatic rings. The number of carboxylic acids is 1. The van der Waals surface area contributed by atoms with Crippen LogP contribution in [0.3, 0.4) is 0 Å². The number of carboxylic acid groups (broad SMARTS) is 1. The molecule has 2 aromatic heterocycles. The number of hydrogen-bond acceptors (Lipinski definition) is 7. The van der Waals surface area contributed by atoms with Crippen LogP contribution in [-0.4, -0.2) is 44.6 Å². The Morgan fingerprint density at radius 2 is 1.97 bits per heavy atom. The number of thioether (sulfide) groups is 1. The van der Waals surface area contributed by atoms with E-state index in [0.717, 1.165) is 45.6 Å². The van der Waals surface area contributed by atoms with Crippen LogP contribution in [0.5, 0.6) is 0 Å². The van der Waals surface area contributed by atoms with E-state index in [1.807, 2.05) is 49.7 Å². The highest BCUT2D eigenvalue weighted by atomic mass is 35.5. The van der Waals surface area contributed by atoms with E-state index in [0.29, 0.717) is 5.02 Å². The van der Waals surface area contributed by atoms with Crippen molar-refractivity contribution in [3.63, 3.8) is 0 Å². The Labute approximate surface area is 189 Å². The molecule has 0 aliphatic heterocycles. The van der Waals surface area contributed by atoms with Gasteiger partial charge >= 0.3 is 5.97 Å². The summed E-state index contributed by atoms with van der Waals surface area (Å²) in [5.41, 5.74) is 3.76. The van der Waals surface area contributed by atoms with Gasteiger partial charge in [0, 0.05) is 36.0 Å². The number of thiazole rings is 1. The number of halogens is 1. The minimum atomic E-state index is -0.898. The van der Waals surface area contributed by atoms with Gasteiger partial charge in [0.1, 0.15) is 4.75 Å². The summed E-state index contributed by atoms with van der Waals surface area (Å²) in [6.07, 6.45) is 0.737. The molecule has 0 bridgehead atoms. The minimum absolute atomic E-state index is 0.690. The van der Waals surface area contributed by atoms with Crippen molar-refractivity contribution in [2.75, 3.05) is 18.5 Å². The molecule has 0 aliphatic rings.